The number of allylic oxidation sites excluding steroid dienone is 1. The molecule has 7 rings (SSSR count). The monoisotopic (exact) mass is 963 g/mol. The van der Waals surface area contributed by atoms with Crippen molar-refractivity contribution in [2.45, 2.75) is 223 Å². The molecule has 25 atom stereocenters. The van der Waals surface area contributed by atoms with E-state index in [1.807, 2.05) is 0 Å². The Balaban J connectivity index is 1.10. The average Bonchev–Trinajstić information content (AvgIpc) is 3.54. The SMILES string of the molecule is C[C@H](CC[C@@H](O[C@@H]1O[C@H](CO[C@H]2O[C@H](CO)[C@@H](O)[C@H](O)[C@H]2O)[C@@H](O)[C@H](O)[C@H]1O[C@@H]1O[C@H](CO)[C@@H](O)[C@H](O)[C@H]1O)C(C)(C)O)[C@H]1CC[C@@]2(C)[C@@H]3CC=C4[C@@H](CC[C@H](O)C4(C)C)[C@]3(C)[C@H](O)C[C@]12C. The smallest absolute Gasteiger partial charge is 0.187 e. The van der Waals surface area contributed by atoms with Gasteiger partial charge in [-0.2, -0.15) is 0 Å². The van der Waals surface area contributed by atoms with Gasteiger partial charge in [0.25, 0.3) is 0 Å². The summed E-state index contributed by atoms with van der Waals surface area (Å²) in [5.74, 6) is 0.678. The van der Waals surface area contributed by atoms with Gasteiger partial charge in [-0.3, -0.25) is 0 Å². The molecule has 4 aliphatic carbocycles. The van der Waals surface area contributed by atoms with Gasteiger partial charge in [0.2, 0.25) is 0 Å². The van der Waals surface area contributed by atoms with Crippen LogP contribution in [0.1, 0.15) is 107 Å². The molecule has 0 amide bonds. The lowest BCUT2D eigenvalue weighted by Gasteiger charge is -2.67. The van der Waals surface area contributed by atoms with E-state index in [0.717, 1.165) is 25.7 Å². The average molecular weight is 963 g/mol. The molecule has 67 heavy (non-hydrogen) atoms. The van der Waals surface area contributed by atoms with Crippen LogP contribution in [0.25, 0.3) is 0 Å². The summed E-state index contributed by atoms with van der Waals surface area (Å²) < 4.78 is 35.5. The number of rotatable bonds is 14. The van der Waals surface area contributed by atoms with E-state index in [1.54, 1.807) is 13.8 Å². The van der Waals surface area contributed by atoms with Crippen molar-refractivity contribution >= 4 is 0 Å². The van der Waals surface area contributed by atoms with Gasteiger partial charge in [-0.25, -0.2) is 0 Å². The quantitative estimate of drug-likeness (QED) is 0.0924. The number of ether oxygens (including phenoxy) is 6. The van der Waals surface area contributed by atoms with Crippen LogP contribution in [0.5, 0.6) is 0 Å². The van der Waals surface area contributed by atoms with Gasteiger partial charge < -0.3 is 94.8 Å². The van der Waals surface area contributed by atoms with E-state index in [1.165, 1.54) is 5.57 Å². The Hall–Kier alpha value is -1.02. The molecule has 388 valence electrons. The fourth-order valence-electron chi connectivity index (χ4n) is 14.1. The highest BCUT2D eigenvalue weighted by Gasteiger charge is 2.70. The first-order valence-electron chi connectivity index (χ1n) is 24.5. The minimum absolute atomic E-state index is 0.0795. The first kappa shape index (κ1) is 53.8. The van der Waals surface area contributed by atoms with Gasteiger partial charge in [0, 0.05) is 10.8 Å². The van der Waals surface area contributed by atoms with E-state index < -0.39 is 136 Å². The van der Waals surface area contributed by atoms with Gasteiger partial charge in [0.05, 0.1) is 43.7 Å². The van der Waals surface area contributed by atoms with E-state index in [-0.39, 0.29) is 51.8 Å². The minimum Gasteiger partial charge on any atom is -0.394 e. The zero-order valence-electron chi connectivity index (χ0n) is 40.3. The Morgan fingerprint density at radius 2 is 1.24 bits per heavy atom. The first-order chi connectivity index (χ1) is 31.2. The molecule has 0 unspecified atom stereocenters. The van der Waals surface area contributed by atoms with Crippen LogP contribution in [0, 0.1) is 45.3 Å². The number of aliphatic hydroxyl groups excluding tert-OH is 12. The second-order valence-electron chi connectivity index (χ2n) is 23.1. The van der Waals surface area contributed by atoms with Crippen molar-refractivity contribution in [3.8, 4) is 0 Å². The van der Waals surface area contributed by atoms with Crippen LogP contribution >= 0.6 is 0 Å². The van der Waals surface area contributed by atoms with E-state index >= 15 is 0 Å². The van der Waals surface area contributed by atoms with Crippen LogP contribution in [-0.2, 0) is 28.4 Å². The summed E-state index contributed by atoms with van der Waals surface area (Å²) in [6.45, 7) is 14.4. The summed E-state index contributed by atoms with van der Waals surface area (Å²) in [6.07, 6.45) is -19.2. The minimum atomic E-state index is -1.90. The molecule has 0 spiro atoms. The van der Waals surface area contributed by atoms with Crippen molar-refractivity contribution in [2.24, 2.45) is 45.3 Å². The second kappa shape index (κ2) is 19.8. The molecule has 0 bridgehead atoms. The summed E-state index contributed by atoms with van der Waals surface area (Å²) in [6, 6.07) is 0. The van der Waals surface area contributed by atoms with Crippen LogP contribution in [-0.4, -0.2) is 202 Å². The zero-order valence-corrected chi connectivity index (χ0v) is 40.3. The number of fused-ring (bicyclic) bond motifs is 5. The standard InChI is InChI=1S/C48H82O19/c1-21(22-15-16-46(6)28-12-10-23-24(11-13-29(51)44(23,2)3)48(28,8)30(52)17-47(22,46)7)9-14-31(45(4,5)61)66-43-40(67-42-39(60)36(57)33(54)26(19-50)64-42)37(58)34(55)27(65-43)20-62-41-38(59)35(56)32(53)25(18-49)63-41/h10,21-22,24-43,49-61H,9,11-20H2,1-8H3/t21-,22-,24-,25-,26-,27-,28+,29+,30-,31-,32-,33-,34-,35+,36+,37+,38-,39-,40-,41+,42+,43+,46+,47-,48+/m1/s1. The molecular weight excluding hydrogens is 881 g/mol. The molecule has 0 aromatic carbocycles. The molecule has 13 N–H and O–H groups in total. The predicted molar refractivity (Wildman–Crippen MR) is 235 cm³/mol. The van der Waals surface area contributed by atoms with E-state index in [0.29, 0.717) is 19.3 Å². The Kier molecular flexibility index (Phi) is 15.9. The van der Waals surface area contributed by atoms with Crippen molar-refractivity contribution < 1.29 is 94.8 Å². The van der Waals surface area contributed by atoms with E-state index in [9.17, 15) is 66.4 Å². The largest absolute Gasteiger partial charge is 0.394 e. The third kappa shape index (κ3) is 9.24. The van der Waals surface area contributed by atoms with E-state index in [2.05, 4.69) is 47.6 Å². The van der Waals surface area contributed by atoms with Gasteiger partial charge in [-0.15, -0.1) is 0 Å². The maximum atomic E-state index is 12.4. The molecule has 0 aromatic rings. The van der Waals surface area contributed by atoms with Gasteiger partial charge in [-0.05, 0) is 99.7 Å². The van der Waals surface area contributed by atoms with Crippen LogP contribution in [0.3, 0.4) is 0 Å². The third-order valence-corrected chi connectivity index (χ3v) is 18.7. The third-order valence-electron chi connectivity index (χ3n) is 18.7. The van der Waals surface area contributed by atoms with Crippen molar-refractivity contribution in [1.29, 1.82) is 0 Å². The Morgan fingerprint density at radius 1 is 0.672 bits per heavy atom. The van der Waals surface area contributed by atoms with Crippen LogP contribution in [0.15, 0.2) is 11.6 Å². The molecule has 0 aromatic heterocycles. The lowest BCUT2D eigenvalue weighted by Crippen LogP contribution is -2.65. The van der Waals surface area contributed by atoms with E-state index in [4.69, 9.17) is 28.4 Å². The Bertz CT molecular complexity index is 1710. The Morgan fingerprint density at radius 3 is 1.84 bits per heavy atom. The van der Waals surface area contributed by atoms with Gasteiger partial charge in [0.15, 0.2) is 18.9 Å². The predicted octanol–water partition coefficient (Wildman–Crippen LogP) is -1.06. The highest BCUT2D eigenvalue weighted by Crippen LogP contribution is 2.75. The van der Waals surface area contributed by atoms with Gasteiger partial charge in [-0.1, -0.05) is 53.2 Å². The summed E-state index contributed by atoms with van der Waals surface area (Å²) in [4.78, 5) is 0. The molecule has 19 nitrogen and oxygen atoms in total. The molecule has 3 saturated heterocycles. The summed E-state index contributed by atoms with van der Waals surface area (Å²) >= 11 is 0. The summed E-state index contributed by atoms with van der Waals surface area (Å²) in [5.41, 5.74) is -1.32. The normalized spacial score (nSPS) is 51.0. The maximum Gasteiger partial charge on any atom is 0.187 e. The second-order valence-corrected chi connectivity index (χ2v) is 23.1. The number of hydrogen-bond acceptors (Lipinski definition) is 19. The number of aliphatic hydroxyl groups is 13. The highest BCUT2D eigenvalue weighted by molar-refractivity contribution is 5.31. The van der Waals surface area contributed by atoms with Crippen LogP contribution in [0.2, 0.25) is 0 Å². The molecule has 19 heteroatoms. The molecule has 3 aliphatic heterocycles. The van der Waals surface area contributed by atoms with Crippen molar-refractivity contribution in [2.75, 3.05) is 19.8 Å². The van der Waals surface area contributed by atoms with Crippen LogP contribution < -0.4 is 0 Å². The van der Waals surface area contributed by atoms with Crippen molar-refractivity contribution in [3.05, 3.63) is 11.6 Å². The Labute approximate surface area is 393 Å². The molecule has 6 fully saturated rings. The maximum absolute atomic E-state index is 12.4. The number of hydrogen-bond donors (Lipinski definition) is 13. The van der Waals surface area contributed by atoms with Crippen LogP contribution in [0.4, 0.5) is 0 Å². The lowest BCUT2D eigenvalue weighted by atomic mass is 9.38. The summed E-state index contributed by atoms with van der Waals surface area (Å²) in [7, 11) is 0. The molecular formula is C48H82O19. The topological polar surface area (TPSA) is 318 Å². The van der Waals surface area contributed by atoms with Crippen molar-refractivity contribution in [3.63, 3.8) is 0 Å². The molecule has 0 radical (unpaired) electrons. The summed E-state index contributed by atoms with van der Waals surface area (Å²) in [5, 5.41) is 141. The lowest BCUT2D eigenvalue weighted by molar-refractivity contribution is -0.380. The fraction of sp³-hybridized carbons (Fsp3) is 0.958. The highest BCUT2D eigenvalue weighted by atomic mass is 16.8. The van der Waals surface area contributed by atoms with Gasteiger partial charge in [0.1, 0.15) is 73.2 Å². The molecule has 7 aliphatic rings. The van der Waals surface area contributed by atoms with Crippen molar-refractivity contribution in [1.82, 2.24) is 0 Å². The zero-order chi connectivity index (χ0) is 49.5. The molecule has 3 heterocycles. The molecule has 3 saturated carbocycles. The first-order valence-corrected chi connectivity index (χ1v) is 24.5. The van der Waals surface area contributed by atoms with Gasteiger partial charge >= 0.3 is 0 Å². The fourth-order valence-corrected chi connectivity index (χ4v) is 14.1.